The number of hydrogen-bond acceptors (Lipinski definition) is 3. The van der Waals surface area contributed by atoms with Crippen molar-refractivity contribution in [2.24, 2.45) is 0 Å². The molecule has 2 heterocycles. The van der Waals surface area contributed by atoms with E-state index in [0.717, 1.165) is 11.8 Å². The first-order valence-electron chi connectivity index (χ1n) is 5.72. The molecule has 0 spiro atoms. The molecule has 1 aromatic rings. The standard InChI is InChI=1S/C12H17ClN2S/c1-2-11-9-15(5-6-16-11)8-10-3-4-14-12(13)7-10/h3-4,7,11H,2,5-6,8-9H2,1H3. The Morgan fingerprint density at radius 3 is 3.25 bits per heavy atom. The van der Waals surface area contributed by atoms with Crippen molar-refractivity contribution >= 4 is 23.4 Å². The topological polar surface area (TPSA) is 16.1 Å². The van der Waals surface area contributed by atoms with Crippen LogP contribution in [-0.4, -0.2) is 34.0 Å². The second kappa shape index (κ2) is 5.89. The van der Waals surface area contributed by atoms with Gasteiger partial charge in [0.1, 0.15) is 5.15 Å². The van der Waals surface area contributed by atoms with E-state index in [4.69, 9.17) is 11.6 Å². The summed E-state index contributed by atoms with van der Waals surface area (Å²) in [6.07, 6.45) is 3.05. The summed E-state index contributed by atoms with van der Waals surface area (Å²) in [7, 11) is 0. The van der Waals surface area contributed by atoms with Crippen LogP contribution in [0.1, 0.15) is 18.9 Å². The predicted molar refractivity (Wildman–Crippen MR) is 71.1 cm³/mol. The van der Waals surface area contributed by atoms with E-state index in [9.17, 15) is 0 Å². The molecule has 0 bridgehead atoms. The highest BCUT2D eigenvalue weighted by Gasteiger charge is 2.18. The van der Waals surface area contributed by atoms with Gasteiger partial charge in [-0.25, -0.2) is 4.98 Å². The molecule has 1 fully saturated rings. The van der Waals surface area contributed by atoms with Gasteiger partial charge < -0.3 is 0 Å². The first kappa shape index (κ1) is 12.2. The van der Waals surface area contributed by atoms with Gasteiger partial charge in [-0.3, -0.25) is 4.90 Å². The van der Waals surface area contributed by atoms with E-state index >= 15 is 0 Å². The number of pyridine rings is 1. The Labute approximate surface area is 106 Å². The normalized spacial score (nSPS) is 22.2. The van der Waals surface area contributed by atoms with Gasteiger partial charge in [0, 0.05) is 36.8 Å². The third kappa shape index (κ3) is 3.37. The maximum absolute atomic E-state index is 5.88. The summed E-state index contributed by atoms with van der Waals surface area (Å²) >= 11 is 7.99. The van der Waals surface area contributed by atoms with Crippen molar-refractivity contribution in [2.75, 3.05) is 18.8 Å². The fourth-order valence-corrected chi connectivity index (χ4v) is 3.42. The second-order valence-electron chi connectivity index (χ2n) is 4.12. The largest absolute Gasteiger partial charge is 0.297 e. The molecule has 0 N–H and O–H groups in total. The Hall–Kier alpha value is -0.250. The zero-order chi connectivity index (χ0) is 11.4. The highest BCUT2D eigenvalue weighted by Crippen LogP contribution is 2.22. The minimum Gasteiger partial charge on any atom is -0.297 e. The summed E-state index contributed by atoms with van der Waals surface area (Å²) in [6, 6.07) is 4.01. The van der Waals surface area contributed by atoms with Crippen molar-refractivity contribution in [3.63, 3.8) is 0 Å². The molecule has 0 amide bonds. The molecule has 1 atom stereocenters. The number of nitrogens with zero attached hydrogens (tertiary/aromatic N) is 2. The van der Waals surface area contributed by atoms with Gasteiger partial charge in [0.05, 0.1) is 0 Å². The first-order chi connectivity index (χ1) is 7.78. The van der Waals surface area contributed by atoms with Crippen LogP contribution in [0.25, 0.3) is 0 Å². The van der Waals surface area contributed by atoms with Crippen LogP contribution in [0.3, 0.4) is 0 Å². The molecule has 2 rings (SSSR count). The first-order valence-corrected chi connectivity index (χ1v) is 7.15. The lowest BCUT2D eigenvalue weighted by molar-refractivity contribution is 0.273. The highest BCUT2D eigenvalue weighted by atomic mass is 35.5. The van der Waals surface area contributed by atoms with Gasteiger partial charge >= 0.3 is 0 Å². The fraction of sp³-hybridized carbons (Fsp3) is 0.583. The van der Waals surface area contributed by atoms with Gasteiger partial charge in [0.25, 0.3) is 0 Å². The lowest BCUT2D eigenvalue weighted by Gasteiger charge is -2.31. The van der Waals surface area contributed by atoms with Crippen molar-refractivity contribution in [1.82, 2.24) is 9.88 Å². The van der Waals surface area contributed by atoms with Crippen LogP contribution in [0.2, 0.25) is 5.15 Å². The molecule has 1 aliphatic heterocycles. The summed E-state index contributed by atoms with van der Waals surface area (Å²) in [6.45, 7) is 5.64. The minimum atomic E-state index is 0.593. The Morgan fingerprint density at radius 2 is 2.50 bits per heavy atom. The number of aromatic nitrogens is 1. The Bertz CT molecular complexity index is 346. The average molecular weight is 257 g/mol. The summed E-state index contributed by atoms with van der Waals surface area (Å²) in [5.41, 5.74) is 1.27. The Balaban J connectivity index is 1.94. The molecule has 88 valence electrons. The molecule has 1 saturated heterocycles. The van der Waals surface area contributed by atoms with E-state index in [1.54, 1.807) is 6.20 Å². The predicted octanol–water partition coefficient (Wildman–Crippen LogP) is 3.06. The van der Waals surface area contributed by atoms with Crippen LogP contribution >= 0.6 is 23.4 Å². The fourth-order valence-electron chi connectivity index (χ4n) is 1.97. The molecule has 1 aliphatic rings. The zero-order valence-corrected chi connectivity index (χ0v) is 11.1. The van der Waals surface area contributed by atoms with Crippen LogP contribution in [0.15, 0.2) is 18.3 Å². The molecule has 0 aliphatic carbocycles. The highest BCUT2D eigenvalue weighted by molar-refractivity contribution is 8.00. The molecule has 1 unspecified atom stereocenters. The minimum absolute atomic E-state index is 0.593. The number of thioether (sulfide) groups is 1. The van der Waals surface area contributed by atoms with Crippen LogP contribution in [0.5, 0.6) is 0 Å². The van der Waals surface area contributed by atoms with Crippen molar-refractivity contribution in [3.05, 3.63) is 29.0 Å². The second-order valence-corrected chi connectivity index (χ2v) is 5.92. The monoisotopic (exact) mass is 256 g/mol. The third-order valence-corrected chi connectivity index (χ3v) is 4.45. The Kier molecular flexibility index (Phi) is 4.50. The molecule has 2 nitrogen and oxygen atoms in total. The summed E-state index contributed by atoms with van der Waals surface area (Å²) in [5.74, 6) is 1.25. The van der Waals surface area contributed by atoms with Crippen LogP contribution in [-0.2, 0) is 6.54 Å². The summed E-state index contributed by atoms with van der Waals surface area (Å²) in [5, 5.41) is 1.39. The molecule has 0 saturated carbocycles. The molecular weight excluding hydrogens is 240 g/mol. The van der Waals surface area contributed by atoms with Crippen LogP contribution in [0, 0.1) is 0 Å². The summed E-state index contributed by atoms with van der Waals surface area (Å²) < 4.78 is 0. The third-order valence-electron chi connectivity index (χ3n) is 2.88. The lowest BCUT2D eigenvalue weighted by atomic mass is 10.2. The molecule has 4 heteroatoms. The van der Waals surface area contributed by atoms with E-state index < -0.39 is 0 Å². The summed E-state index contributed by atoms with van der Waals surface area (Å²) in [4.78, 5) is 6.52. The molecule has 1 aromatic heterocycles. The van der Waals surface area contributed by atoms with Gasteiger partial charge in [-0.05, 0) is 24.1 Å². The number of halogens is 1. The average Bonchev–Trinajstić information content (AvgIpc) is 2.29. The van der Waals surface area contributed by atoms with Gasteiger partial charge in [-0.2, -0.15) is 11.8 Å². The molecular formula is C12H17ClN2S. The smallest absolute Gasteiger partial charge is 0.129 e. The van der Waals surface area contributed by atoms with Gasteiger partial charge in [0.2, 0.25) is 0 Å². The number of hydrogen-bond donors (Lipinski definition) is 0. The van der Waals surface area contributed by atoms with Crippen molar-refractivity contribution < 1.29 is 0 Å². The van der Waals surface area contributed by atoms with Crippen LogP contribution in [0.4, 0.5) is 0 Å². The molecule has 0 radical (unpaired) electrons. The van der Waals surface area contributed by atoms with Crippen molar-refractivity contribution in [3.8, 4) is 0 Å². The van der Waals surface area contributed by atoms with E-state index in [1.807, 2.05) is 6.07 Å². The van der Waals surface area contributed by atoms with E-state index in [0.29, 0.717) is 5.15 Å². The lowest BCUT2D eigenvalue weighted by Crippen LogP contribution is -2.37. The van der Waals surface area contributed by atoms with E-state index in [2.05, 4.69) is 34.6 Å². The molecule has 0 aromatic carbocycles. The Morgan fingerprint density at radius 1 is 1.62 bits per heavy atom. The van der Waals surface area contributed by atoms with Crippen LogP contribution < -0.4 is 0 Å². The number of rotatable bonds is 3. The SMILES string of the molecule is CCC1CN(Cc2ccnc(Cl)c2)CCS1. The zero-order valence-electron chi connectivity index (χ0n) is 9.53. The maximum atomic E-state index is 5.88. The van der Waals surface area contributed by atoms with Crippen molar-refractivity contribution in [1.29, 1.82) is 0 Å². The van der Waals surface area contributed by atoms with Gasteiger partial charge in [-0.1, -0.05) is 18.5 Å². The quantitative estimate of drug-likeness (QED) is 0.774. The van der Waals surface area contributed by atoms with Gasteiger partial charge in [-0.15, -0.1) is 0 Å². The van der Waals surface area contributed by atoms with E-state index in [-0.39, 0.29) is 0 Å². The van der Waals surface area contributed by atoms with Gasteiger partial charge in [0.15, 0.2) is 0 Å². The van der Waals surface area contributed by atoms with E-state index in [1.165, 1.54) is 30.8 Å². The molecule has 16 heavy (non-hydrogen) atoms. The van der Waals surface area contributed by atoms with Crippen molar-refractivity contribution in [2.45, 2.75) is 25.1 Å². The maximum Gasteiger partial charge on any atom is 0.129 e.